The van der Waals surface area contributed by atoms with Crippen LogP contribution in [0.2, 0.25) is 0 Å². The van der Waals surface area contributed by atoms with Crippen LogP contribution in [-0.4, -0.2) is 37.5 Å². The van der Waals surface area contributed by atoms with E-state index in [0.717, 1.165) is 57.3 Å². The topological polar surface area (TPSA) is 58.4 Å². The van der Waals surface area contributed by atoms with Crippen molar-refractivity contribution in [2.45, 2.75) is 78.1 Å². The monoisotopic (exact) mass is 515 g/mol. The Morgan fingerprint density at radius 3 is 2.13 bits per heavy atom. The van der Waals surface area contributed by atoms with E-state index < -0.39 is 0 Å². The summed E-state index contributed by atoms with van der Waals surface area (Å²) in [6.07, 6.45) is 11.5. The highest BCUT2D eigenvalue weighted by Crippen LogP contribution is 2.21. The Bertz CT molecular complexity index is 1110. The molecule has 0 saturated carbocycles. The van der Waals surface area contributed by atoms with Crippen molar-refractivity contribution in [2.24, 2.45) is 11.7 Å². The zero-order valence-corrected chi connectivity index (χ0v) is 24.0. The van der Waals surface area contributed by atoms with Crippen LogP contribution < -0.4 is 11.1 Å². The van der Waals surface area contributed by atoms with E-state index in [2.05, 4.69) is 72.7 Å². The molecule has 3 rings (SSSR count). The maximum Gasteiger partial charge on any atom is 0.227 e. The number of nitrogens with one attached hydrogen (secondary N) is 1. The fourth-order valence-corrected chi connectivity index (χ4v) is 5.04. The summed E-state index contributed by atoms with van der Waals surface area (Å²) in [5, 5.41) is 5.60. The van der Waals surface area contributed by atoms with Crippen LogP contribution >= 0.6 is 0 Å². The van der Waals surface area contributed by atoms with Gasteiger partial charge in [-0.3, -0.25) is 4.79 Å². The van der Waals surface area contributed by atoms with Gasteiger partial charge in [0.1, 0.15) is 0 Å². The molecule has 0 aromatic heterocycles. The van der Waals surface area contributed by atoms with Crippen molar-refractivity contribution in [3.63, 3.8) is 0 Å². The molecule has 0 bridgehead atoms. The van der Waals surface area contributed by atoms with Crippen LogP contribution in [0, 0.1) is 5.92 Å². The lowest BCUT2D eigenvalue weighted by Crippen LogP contribution is -2.22. The van der Waals surface area contributed by atoms with E-state index in [9.17, 15) is 4.79 Å². The Labute approximate surface area is 231 Å². The zero-order valence-electron chi connectivity index (χ0n) is 24.0. The lowest BCUT2D eigenvalue weighted by atomic mass is 9.96. The van der Waals surface area contributed by atoms with Gasteiger partial charge in [0.2, 0.25) is 5.91 Å². The van der Waals surface area contributed by atoms with Crippen LogP contribution in [0.15, 0.2) is 60.7 Å². The van der Waals surface area contributed by atoms with E-state index in [1.54, 1.807) is 0 Å². The third kappa shape index (κ3) is 10.2. The largest absolute Gasteiger partial charge is 0.330 e. The van der Waals surface area contributed by atoms with Gasteiger partial charge < -0.3 is 16.0 Å². The van der Waals surface area contributed by atoms with E-state index >= 15 is 0 Å². The molecule has 0 unspecified atom stereocenters. The molecule has 206 valence electrons. The smallest absolute Gasteiger partial charge is 0.227 e. The normalized spacial score (nSPS) is 12.2. The van der Waals surface area contributed by atoms with E-state index in [0.29, 0.717) is 0 Å². The van der Waals surface area contributed by atoms with Crippen LogP contribution in [0.3, 0.4) is 0 Å². The third-order valence-electron chi connectivity index (χ3n) is 7.50. The fraction of sp³-hybridized carbons (Fsp3) is 0.500. The van der Waals surface area contributed by atoms with Crippen molar-refractivity contribution in [1.82, 2.24) is 4.90 Å². The predicted octanol–water partition coefficient (Wildman–Crippen LogP) is 7.38. The van der Waals surface area contributed by atoms with Gasteiger partial charge in [0.15, 0.2) is 0 Å². The first-order chi connectivity index (χ1) is 18.5. The minimum atomic E-state index is -0.101. The minimum Gasteiger partial charge on any atom is -0.330 e. The maximum absolute atomic E-state index is 12.9. The summed E-state index contributed by atoms with van der Waals surface area (Å²) < 4.78 is 0. The number of amides is 1. The van der Waals surface area contributed by atoms with Crippen LogP contribution in [0.1, 0.15) is 75.5 Å². The lowest BCUT2D eigenvalue weighted by Gasteiger charge is -2.16. The molecule has 4 heteroatoms. The SMILES string of the molecule is CCCCCCN(C)CCCc1ccc(NC(=O)[C@@H](C)Cc2ccc3cc(CCCCN)ccc3c2)cc1. The van der Waals surface area contributed by atoms with Crippen LogP contribution in [0.4, 0.5) is 5.69 Å². The molecule has 0 heterocycles. The lowest BCUT2D eigenvalue weighted by molar-refractivity contribution is -0.119. The van der Waals surface area contributed by atoms with Crippen molar-refractivity contribution >= 4 is 22.4 Å². The quantitative estimate of drug-likeness (QED) is 0.184. The number of nitrogens with zero attached hydrogens (tertiary/aromatic N) is 1. The van der Waals surface area contributed by atoms with Gasteiger partial charge in [-0.15, -0.1) is 0 Å². The number of rotatable bonds is 17. The molecule has 0 aliphatic heterocycles. The third-order valence-corrected chi connectivity index (χ3v) is 7.50. The van der Waals surface area contributed by atoms with Gasteiger partial charge in [0.25, 0.3) is 0 Å². The highest BCUT2D eigenvalue weighted by molar-refractivity contribution is 5.92. The van der Waals surface area contributed by atoms with Crippen molar-refractivity contribution in [2.75, 3.05) is 32.0 Å². The molecule has 0 radical (unpaired) electrons. The molecule has 0 aliphatic rings. The Kier molecular flexibility index (Phi) is 12.8. The van der Waals surface area contributed by atoms with Crippen molar-refractivity contribution in [3.8, 4) is 0 Å². The summed E-state index contributed by atoms with van der Waals surface area (Å²) in [6.45, 7) is 7.35. The first kappa shape index (κ1) is 29.9. The van der Waals surface area contributed by atoms with Gasteiger partial charge in [-0.1, -0.05) is 81.6 Å². The van der Waals surface area contributed by atoms with Crippen LogP contribution in [0.5, 0.6) is 0 Å². The second-order valence-electron chi connectivity index (χ2n) is 11.0. The first-order valence-electron chi connectivity index (χ1n) is 14.8. The summed E-state index contributed by atoms with van der Waals surface area (Å²) in [4.78, 5) is 15.3. The minimum absolute atomic E-state index is 0.0674. The molecule has 0 saturated heterocycles. The van der Waals surface area contributed by atoms with Gasteiger partial charge in [-0.25, -0.2) is 0 Å². The van der Waals surface area contributed by atoms with Crippen LogP contribution in [-0.2, 0) is 24.1 Å². The highest BCUT2D eigenvalue weighted by Gasteiger charge is 2.14. The predicted molar refractivity (Wildman–Crippen MR) is 164 cm³/mol. The fourth-order valence-electron chi connectivity index (χ4n) is 5.04. The zero-order chi connectivity index (χ0) is 27.2. The second-order valence-corrected chi connectivity index (χ2v) is 11.0. The van der Waals surface area contributed by atoms with E-state index in [1.807, 2.05) is 19.1 Å². The summed E-state index contributed by atoms with van der Waals surface area (Å²) in [5.74, 6) is -0.0340. The first-order valence-corrected chi connectivity index (χ1v) is 14.8. The number of nitrogens with two attached hydrogens (primary N) is 1. The number of unbranched alkanes of at least 4 members (excludes halogenated alkanes) is 4. The number of anilines is 1. The molecule has 0 spiro atoms. The molecule has 3 aromatic rings. The maximum atomic E-state index is 12.9. The summed E-state index contributed by atoms with van der Waals surface area (Å²) in [7, 11) is 2.23. The number of fused-ring (bicyclic) bond motifs is 1. The molecular weight excluding hydrogens is 466 g/mol. The molecule has 1 atom stereocenters. The Balaban J connectivity index is 1.43. The van der Waals surface area contributed by atoms with E-state index in [4.69, 9.17) is 5.73 Å². The summed E-state index contributed by atoms with van der Waals surface area (Å²) in [6, 6.07) is 21.6. The molecule has 3 N–H and O–H groups in total. The van der Waals surface area contributed by atoms with Gasteiger partial charge in [0, 0.05) is 11.6 Å². The molecular formula is C34H49N3O. The van der Waals surface area contributed by atoms with Gasteiger partial charge in [-0.05, 0) is 111 Å². The Morgan fingerprint density at radius 1 is 0.789 bits per heavy atom. The number of hydrogen-bond acceptors (Lipinski definition) is 3. The highest BCUT2D eigenvalue weighted by atomic mass is 16.1. The number of carbonyl (C=O) groups excluding carboxylic acids is 1. The Morgan fingerprint density at radius 2 is 1.42 bits per heavy atom. The molecule has 0 aliphatic carbocycles. The van der Waals surface area contributed by atoms with Crippen molar-refractivity contribution in [3.05, 3.63) is 77.4 Å². The molecule has 38 heavy (non-hydrogen) atoms. The van der Waals surface area contributed by atoms with Gasteiger partial charge in [0.05, 0.1) is 0 Å². The van der Waals surface area contributed by atoms with Gasteiger partial charge >= 0.3 is 0 Å². The molecule has 0 fully saturated rings. The van der Waals surface area contributed by atoms with Crippen LogP contribution in [0.25, 0.3) is 10.8 Å². The Hall–Kier alpha value is -2.69. The van der Waals surface area contributed by atoms with Crippen molar-refractivity contribution < 1.29 is 4.79 Å². The summed E-state index contributed by atoms with van der Waals surface area (Å²) >= 11 is 0. The summed E-state index contributed by atoms with van der Waals surface area (Å²) in [5.41, 5.74) is 10.4. The number of benzene rings is 3. The van der Waals surface area contributed by atoms with E-state index in [-0.39, 0.29) is 11.8 Å². The molecule has 1 amide bonds. The number of hydrogen-bond donors (Lipinski definition) is 2. The second kappa shape index (κ2) is 16.3. The van der Waals surface area contributed by atoms with Gasteiger partial charge in [-0.2, -0.15) is 0 Å². The molecule has 4 nitrogen and oxygen atoms in total. The average Bonchev–Trinajstić information content (AvgIpc) is 2.92. The van der Waals surface area contributed by atoms with E-state index in [1.165, 1.54) is 59.7 Å². The van der Waals surface area contributed by atoms with Crippen molar-refractivity contribution in [1.29, 1.82) is 0 Å². The average molecular weight is 516 g/mol. The number of aryl methyl sites for hydroxylation is 2. The standard InChI is InChI=1S/C34H49N3O/c1-4-5-6-9-22-37(3)23-10-12-28-15-19-33(20-16-28)36-34(38)27(2)24-30-14-18-31-25-29(11-7-8-21-35)13-17-32(31)26-30/h13-20,25-27H,4-12,21-24,35H2,1-3H3,(H,36,38)/t27-/m0/s1. The number of carbonyl (C=O) groups is 1. The molecule has 3 aromatic carbocycles.